The summed E-state index contributed by atoms with van der Waals surface area (Å²) in [6.45, 7) is 1.52. The summed E-state index contributed by atoms with van der Waals surface area (Å²) in [4.78, 5) is 19.8. The number of nitrogens with zero attached hydrogens (tertiary/aromatic N) is 2. The molecule has 0 saturated heterocycles. The maximum atomic E-state index is 11.7. The predicted molar refractivity (Wildman–Crippen MR) is 86.5 cm³/mol. The normalized spacial score (nSPS) is 15.4. The largest absolute Gasteiger partial charge is 0.488 e. The number of benzene rings is 1. The Morgan fingerprint density at radius 2 is 1.96 bits per heavy atom. The van der Waals surface area contributed by atoms with Crippen molar-refractivity contribution < 1.29 is 9.53 Å². The summed E-state index contributed by atoms with van der Waals surface area (Å²) in [5.41, 5.74) is 1.19. The first-order valence-electron chi connectivity index (χ1n) is 7.58. The van der Waals surface area contributed by atoms with E-state index in [2.05, 4.69) is 25.9 Å². The third-order valence-corrected chi connectivity index (χ3v) is 3.46. The monoisotopic (exact) mass is 313 g/mol. The van der Waals surface area contributed by atoms with Gasteiger partial charge < -0.3 is 20.7 Å². The second-order valence-electron chi connectivity index (χ2n) is 5.19. The molecule has 7 nitrogen and oxygen atoms in total. The SMILES string of the molecule is O=C(NCCNc1ncccn1)NC[C@H]1Cc2ccccc2O1. The topological polar surface area (TPSA) is 88.2 Å². The van der Waals surface area contributed by atoms with Crippen molar-refractivity contribution in [3.63, 3.8) is 0 Å². The van der Waals surface area contributed by atoms with Gasteiger partial charge in [0.15, 0.2) is 0 Å². The maximum Gasteiger partial charge on any atom is 0.314 e. The second kappa shape index (κ2) is 7.44. The number of carbonyl (C=O) groups excluding carboxylic acids is 1. The van der Waals surface area contributed by atoms with Gasteiger partial charge in [0, 0.05) is 31.9 Å². The van der Waals surface area contributed by atoms with Crippen molar-refractivity contribution in [2.75, 3.05) is 25.0 Å². The molecule has 0 radical (unpaired) electrons. The first-order chi connectivity index (χ1) is 11.3. The first-order valence-corrected chi connectivity index (χ1v) is 7.58. The second-order valence-corrected chi connectivity index (χ2v) is 5.19. The molecule has 1 atom stereocenters. The lowest BCUT2D eigenvalue weighted by Gasteiger charge is -2.12. The molecular weight excluding hydrogens is 294 g/mol. The molecule has 0 fully saturated rings. The fraction of sp³-hybridized carbons (Fsp3) is 0.312. The van der Waals surface area contributed by atoms with Crippen LogP contribution >= 0.6 is 0 Å². The molecule has 0 aliphatic carbocycles. The van der Waals surface area contributed by atoms with E-state index in [9.17, 15) is 4.79 Å². The molecule has 1 aromatic carbocycles. The number of nitrogens with one attached hydrogen (secondary N) is 3. The minimum absolute atomic E-state index is 0.00556. The summed E-state index contributed by atoms with van der Waals surface area (Å²) < 4.78 is 5.77. The fourth-order valence-corrected chi connectivity index (χ4v) is 2.38. The van der Waals surface area contributed by atoms with Gasteiger partial charge >= 0.3 is 6.03 Å². The molecule has 23 heavy (non-hydrogen) atoms. The van der Waals surface area contributed by atoms with Gasteiger partial charge in [-0.3, -0.25) is 0 Å². The van der Waals surface area contributed by atoms with Gasteiger partial charge in [-0.05, 0) is 17.7 Å². The predicted octanol–water partition coefficient (Wildman–Crippen LogP) is 1.19. The fourth-order valence-electron chi connectivity index (χ4n) is 2.38. The van der Waals surface area contributed by atoms with Crippen LogP contribution in [0.5, 0.6) is 5.75 Å². The highest BCUT2D eigenvalue weighted by Gasteiger charge is 2.22. The molecule has 2 heterocycles. The zero-order valence-corrected chi connectivity index (χ0v) is 12.7. The van der Waals surface area contributed by atoms with Crippen LogP contribution in [-0.2, 0) is 6.42 Å². The average molecular weight is 313 g/mol. The van der Waals surface area contributed by atoms with Crippen LogP contribution < -0.4 is 20.7 Å². The third-order valence-electron chi connectivity index (χ3n) is 3.46. The smallest absolute Gasteiger partial charge is 0.314 e. The van der Waals surface area contributed by atoms with E-state index in [4.69, 9.17) is 4.74 Å². The zero-order chi connectivity index (χ0) is 15.9. The number of amides is 2. The summed E-state index contributed by atoms with van der Waals surface area (Å²) in [5.74, 6) is 1.46. The number of urea groups is 1. The molecule has 0 saturated carbocycles. The summed E-state index contributed by atoms with van der Waals surface area (Å²) in [5, 5.41) is 8.62. The van der Waals surface area contributed by atoms with Crippen molar-refractivity contribution >= 4 is 12.0 Å². The van der Waals surface area contributed by atoms with Gasteiger partial charge in [-0.15, -0.1) is 0 Å². The summed E-state index contributed by atoms with van der Waals surface area (Å²) in [7, 11) is 0. The van der Waals surface area contributed by atoms with E-state index in [1.165, 1.54) is 5.56 Å². The number of hydrogen-bond acceptors (Lipinski definition) is 5. The Morgan fingerprint density at radius 3 is 2.78 bits per heavy atom. The average Bonchev–Trinajstić information content (AvgIpc) is 3.01. The standard InChI is InChI=1S/C16H19N5O2/c22-16(20-9-8-19-15-17-6-3-7-18-15)21-11-13-10-12-4-1-2-5-14(12)23-13/h1-7,13H,8-11H2,(H,17,18,19)(H2,20,21,22)/t13-/m1/s1. The lowest BCUT2D eigenvalue weighted by molar-refractivity contribution is 0.214. The van der Waals surface area contributed by atoms with Crippen LogP contribution in [0, 0.1) is 0 Å². The van der Waals surface area contributed by atoms with Crippen molar-refractivity contribution in [1.29, 1.82) is 0 Å². The number of carbonyl (C=O) groups is 1. The van der Waals surface area contributed by atoms with E-state index in [1.807, 2.05) is 24.3 Å². The molecule has 0 bridgehead atoms. The molecular formula is C16H19N5O2. The Kier molecular flexibility index (Phi) is 4.88. The van der Waals surface area contributed by atoms with Gasteiger partial charge in [-0.2, -0.15) is 0 Å². The molecule has 1 aliphatic rings. The van der Waals surface area contributed by atoms with Gasteiger partial charge in [-0.25, -0.2) is 14.8 Å². The van der Waals surface area contributed by atoms with E-state index in [-0.39, 0.29) is 12.1 Å². The number of para-hydroxylation sites is 1. The van der Waals surface area contributed by atoms with Crippen molar-refractivity contribution in [3.05, 3.63) is 48.3 Å². The number of fused-ring (bicyclic) bond motifs is 1. The van der Waals surface area contributed by atoms with E-state index in [0.29, 0.717) is 25.6 Å². The van der Waals surface area contributed by atoms with Crippen LogP contribution in [0.1, 0.15) is 5.56 Å². The molecule has 2 aromatic rings. The Hall–Kier alpha value is -2.83. The lowest BCUT2D eigenvalue weighted by atomic mass is 10.1. The number of anilines is 1. The minimum atomic E-state index is -0.208. The molecule has 0 spiro atoms. The highest BCUT2D eigenvalue weighted by Crippen LogP contribution is 2.27. The summed E-state index contributed by atoms with van der Waals surface area (Å²) in [6.07, 6.45) is 4.14. The van der Waals surface area contributed by atoms with Gasteiger partial charge in [0.1, 0.15) is 11.9 Å². The zero-order valence-electron chi connectivity index (χ0n) is 12.7. The van der Waals surface area contributed by atoms with Crippen molar-refractivity contribution in [3.8, 4) is 5.75 Å². The van der Waals surface area contributed by atoms with Crippen LogP contribution in [0.15, 0.2) is 42.7 Å². The van der Waals surface area contributed by atoms with Gasteiger partial charge in [-0.1, -0.05) is 18.2 Å². The van der Waals surface area contributed by atoms with E-state index >= 15 is 0 Å². The minimum Gasteiger partial charge on any atom is -0.488 e. The van der Waals surface area contributed by atoms with Crippen LogP contribution in [0.2, 0.25) is 0 Å². The Morgan fingerprint density at radius 1 is 1.13 bits per heavy atom. The summed E-state index contributed by atoms with van der Waals surface area (Å²) >= 11 is 0. The molecule has 0 unspecified atom stereocenters. The maximum absolute atomic E-state index is 11.7. The highest BCUT2D eigenvalue weighted by atomic mass is 16.5. The Labute approximate surface area is 134 Å². The Bertz CT molecular complexity index is 625. The first kappa shape index (κ1) is 15.1. The molecule has 2 amide bonds. The van der Waals surface area contributed by atoms with E-state index in [1.54, 1.807) is 18.5 Å². The quantitative estimate of drug-likeness (QED) is 0.697. The van der Waals surface area contributed by atoms with Crippen molar-refractivity contribution in [1.82, 2.24) is 20.6 Å². The molecule has 1 aromatic heterocycles. The van der Waals surface area contributed by atoms with Crippen molar-refractivity contribution in [2.24, 2.45) is 0 Å². The van der Waals surface area contributed by atoms with Crippen LogP contribution in [-0.4, -0.2) is 41.7 Å². The molecule has 7 heteroatoms. The van der Waals surface area contributed by atoms with Crippen molar-refractivity contribution in [2.45, 2.75) is 12.5 Å². The van der Waals surface area contributed by atoms with Gasteiger partial charge in [0.2, 0.25) is 5.95 Å². The van der Waals surface area contributed by atoms with Gasteiger partial charge in [0.25, 0.3) is 0 Å². The van der Waals surface area contributed by atoms with E-state index in [0.717, 1.165) is 12.2 Å². The van der Waals surface area contributed by atoms with E-state index < -0.39 is 0 Å². The Balaban J connectivity index is 1.30. The van der Waals surface area contributed by atoms with Gasteiger partial charge in [0.05, 0.1) is 6.54 Å². The molecule has 3 rings (SSSR count). The summed E-state index contributed by atoms with van der Waals surface area (Å²) in [6, 6.07) is 9.49. The lowest BCUT2D eigenvalue weighted by Crippen LogP contribution is -2.42. The number of ether oxygens (including phenoxy) is 1. The number of hydrogen-bond donors (Lipinski definition) is 3. The highest BCUT2D eigenvalue weighted by molar-refractivity contribution is 5.73. The van der Waals surface area contributed by atoms with Crippen LogP contribution in [0.3, 0.4) is 0 Å². The molecule has 120 valence electrons. The van der Waals surface area contributed by atoms with Crippen LogP contribution in [0.25, 0.3) is 0 Å². The van der Waals surface area contributed by atoms with Crippen LogP contribution in [0.4, 0.5) is 10.7 Å². The molecule has 3 N–H and O–H groups in total. The number of aromatic nitrogens is 2. The number of rotatable bonds is 6. The third kappa shape index (κ3) is 4.32. The molecule has 1 aliphatic heterocycles.